The van der Waals surface area contributed by atoms with E-state index in [1.54, 1.807) is 4.90 Å². The van der Waals surface area contributed by atoms with E-state index in [1.807, 2.05) is 25.1 Å². The second kappa shape index (κ2) is 5.95. The third-order valence-electron chi connectivity index (χ3n) is 3.56. The summed E-state index contributed by atoms with van der Waals surface area (Å²) in [6, 6.07) is 5.28. The van der Waals surface area contributed by atoms with Gasteiger partial charge in [-0.15, -0.1) is 0 Å². The lowest BCUT2D eigenvalue weighted by atomic mass is 10.1. The largest absolute Gasteiger partial charge is 0.377 e. The first-order valence-electron chi connectivity index (χ1n) is 6.58. The molecule has 1 aliphatic heterocycles. The molecule has 0 saturated carbocycles. The minimum atomic E-state index is -0.316. The maximum atomic E-state index is 12.8. The van der Waals surface area contributed by atoms with Crippen LogP contribution in [0.1, 0.15) is 27.8 Å². The number of rotatable bonds is 2. The highest BCUT2D eigenvalue weighted by molar-refractivity contribution is 9.10. The van der Waals surface area contributed by atoms with E-state index >= 15 is 0 Å². The van der Waals surface area contributed by atoms with Crippen LogP contribution in [0.4, 0.5) is 0 Å². The highest BCUT2D eigenvalue weighted by Gasteiger charge is 2.32. The highest BCUT2D eigenvalue weighted by atomic mass is 79.9. The number of aromatic nitrogens is 2. The molecule has 0 spiro atoms. The number of carbonyl (C=O) groups excluding carboxylic acids is 1. The molecule has 0 N–H and O–H groups in total. The molecule has 110 valence electrons. The molecule has 1 amide bonds. The van der Waals surface area contributed by atoms with Crippen molar-refractivity contribution in [1.29, 1.82) is 0 Å². The number of benzene rings is 1. The van der Waals surface area contributed by atoms with Crippen molar-refractivity contribution in [3.05, 3.63) is 46.0 Å². The Morgan fingerprint density at radius 3 is 3.10 bits per heavy atom. The Bertz CT molecular complexity index is 645. The van der Waals surface area contributed by atoms with Gasteiger partial charge in [-0.3, -0.25) is 4.79 Å². The summed E-state index contributed by atoms with van der Waals surface area (Å²) in [7, 11) is 0. The normalized spacial score (nSPS) is 18.8. The Labute approximate surface area is 130 Å². The molecule has 1 atom stereocenters. The van der Waals surface area contributed by atoms with Gasteiger partial charge < -0.3 is 14.2 Å². The Morgan fingerprint density at radius 2 is 2.33 bits per heavy atom. The van der Waals surface area contributed by atoms with Gasteiger partial charge in [-0.05, 0) is 24.6 Å². The van der Waals surface area contributed by atoms with Crippen molar-refractivity contribution >= 4 is 21.8 Å². The third kappa shape index (κ3) is 2.71. The molecule has 0 bridgehead atoms. The van der Waals surface area contributed by atoms with Crippen LogP contribution in [0.25, 0.3) is 0 Å². The van der Waals surface area contributed by atoms with Crippen LogP contribution in [0.5, 0.6) is 0 Å². The molecule has 1 fully saturated rings. The molecule has 1 saturated heterocycles. The van der Waals surface area contributed by atoms with Crippen molar-refractivity contribution in [3.8, 4) is 0 Å². The lowest BCUT2D eigenvalue weighted by molar-refractivity contribution is -0.00581. The summed E-state index contributed by atoms with van der Waals surface area (Å²) < 4.78 is 11.1. The van der Waals surface area contributed by atoms with Crippen molar-refractivity contribution in [1.82, 2.24) is 15.0 Å². The lowest BCUT2D eigenvalue weighted by Crippen LogP contribution is -2.44. The van der Waals surface area contributed by atoms with Crippen LogP contribution in [0.3, 0.4) is 0 Å². The maximum absolute atomic E-state index is 12.8. The molecule has 0 aliphatic carbocycles. The van der Waals surface area contributed by atoms with E-state index in [-0.39, 0.29) is 11.9 Å². The average Bonchev–Trinajstić information content (AvgIpc) is 3.03. The molecule has 2 heterocycles. The first-order chi connectivity index (χ1) is 10.2. The Balaban J connectivity index is 1.93. The predicted molar refractivity (Wildman–Crippen MR) is 77.8 cm³/mol. The molecule has 1 aromatic heterocycles. The van der Waals surface area contributed by atoms with Crippen molar-refractivity contribution in [3.63, 3.8) is 0 Å². The molecule has 0 unspecified atom stereocenters. The zero-order chi connectivity index (χ0) is 14.8. The number of morpholine rings is 1. The minimum absolute atomic E-state index is 0.0492. The Hall–Kier alpha value is -1.73. The van der Waals surface area contributed by atoms with Crippen LogP contribution in [0, 0.1) is 6.92 Å². The number of carbonyl (C=O) groups is 1. The van der Waals surface area contributed by atoms with Crippen molar-refractivity contribution in [2.75, 3.05) is 19.8 Å². The molecule has 2 aromatic rings. The van der Waals surface area contributed by atoms with Crippen LogP contribution in [-0.2, 0) is 4.74 Å². The molecule has 1 aromatic carbocycles. The first-order valence-corrected chi connectivity index (χ1v) is 7.38. The van der Waals surface area contributed by atoms with Crippen LogP contribution in [0.2, 0.25) is 0 Å². The zero-order valence-corrected chi connectivity index (χ0v) is 13.0. The van der Waals surface area contributed by atoms with Gasteiger partial charge in [-0.1, -0.05) is 27.2 Å². The predicted octanol–water partition coefficient (Wildman–Crippen LogP) is 2.35. The molecule has 3 rings (SSSR count). The summed E-state index contributed by atoms with van der Waals surface area (Å²) in [5, 5.41) is 3.84. The van der Waals surface area contributed by atoms with E-state index in [0.29, 0.717) is 31.1 Å². The van der Waals surface area contributed by atoms with Crippen molar-refractivity contribution < 1.29 is 14.1 Å². The van der Waals surface area contributed by atoms with E-state index in [2.05, 4.69) is 26.1 Å². The average molecular weight is 352 g/mol. The first kappa shape index (κ1) is 14.2. The molecular formula is C14H14BrN3O3. The smallest absolute Gasteiger partial charge is 0.254 e. The number of amides is 1. The van der Waals surface area contributed by atoms with Gasteiger partial charge in [-0.2, -0.15) is 4.98 Å². The lowest BCUT2D eigenvalue weighted by Gasteiger charge is -2.34. The van der Waals surface area contributed by atoms with Gasteiger partial charge in [0.15, 0.2) is 5.82 Å². The molecule has 7 heteroatoms. The van der Waals surface area contributed by atoms with Gasteiger partial charge in [0.25, 0.3) is 5.91 Å². The summed E-state index contributed by atoms with van der Waals surface area (Å²) in [4.78, 5) is 18.6. The zero-order valence-electron chi connectivity index (χ0n) is 11.5. The highest BCUT2D eigenvalue weighted by Crippen LogP contribution is 2.26. The second-order valence-electron chi connectivity index (χ2n) is 4.79. The monoisotopic (exact) mass is 351 g/mol. The number of hydrogen-bond acceptors (Lipinski definition) is 5. The van der Waals surface area contributed by atoms with Gasteiger partial charge in [0.05, 0.1) is 13.2 Å². The standard InChI is InChI=1S/C14H14BrN3O3/c1-9-10(3-2-4-11(9)15)14(19)18-5-6-20-7-12(18)13-16-8-21-17-13/h2-4,8,12H,5-7H2,1H3/t12-/m1/s1. The maximum Gasteiger partial charge on any atom is 0.254 e. The summed E-state index contributed by atoms with van der Waals surface area (Å²) in [6.45, 7) is 3.30. The topological polar surface area (TPSA) is 68.5 Å². The Kier molecular flexibility index (Phi) is 4.03. The van der Waals surface area contributed by atoms with Crippen molar-refractivity contribution in [2.24, 2.45) is 0 Å². The summed E-state index contributed by atoms with van der Waals surface area (Å²) >= 11 is 3.46. The number of nitrogens with zero attached hydrogens (tertiary/aromatic N) is 3. The summed E-state index contributed by atoms with van der Waals surface area (Å²) in [5.74, 6) is 0.419. The fraction of sp³-hybridized carbons (Fsp3) is 0.357. The summed E-state index contributed by atoms with van der Waals surface area (Å²) in [6.07, 6.45) is 1.26. The van der Waals surface area contributed by atoms with E-state index in [4.69, 9.17) is 9.26 Å². The molecule has 21 heavy (non-hydrogen) atoms. The van der Waals surface area contributed by atoms with E-state index in [1.165, 1.54) is 6.39 Å². The van der Waals surface area contributed by atoms with Crippen LogP contribution < -0.4 is 0 Å². The molecule has 0 radical (unpaired) electrons. The quantitative estimate of drug-likeness (QED) is 0.830. The van der Waals surface area contributed by atoms with E-state index in [0.717, 1.165) is 10.0 Å². The molecular weight excluding hydrogens is 338 g/mol. The second-order valence-corrected chi connectivity index (χ2v) is 5.65. The SMILES string of the molecule is Cc1c(Br)cccc1C(=O)N1CCOC[C@@H]1c1ncon1. The minimum Gasteiger partial charge on any atom is -0.377 e. The van der Waals surface area contributed by atoms with Gasteiger partial charge in [-0.25, -0.2) is 0 Å². The van der Waals surface area contributed by atoms with Gasteiger partial charge in [0, 0.05) is 16.6 Å². The molecule has 1 aliphatic rings. The van der Waals surface area contributed by atoms with Crippen LogP contribution >= 0.6 is 15.9 Å². The van der Waals surface area contributed by atoms with Gasteiger partial charge in [0.1, 0.15) is 6.04 Å². The van der Waals surface area contributed by atoms with E-state index < -0.39 is 0 Å². The van der Waals surface area contributed by atoms with Crippen LogP contribution in [-0.4, -0.2) is 40.7 Å². The van der Waals surface area contributed by atoms with Crippen molar-refractivity contribution in [2.45, 2.75) is 13.0 Å². The number of hydrogen-bond donors (Lipinski definition) is 0. The fourth-order valence-corrected chi connectivity index (χ4v) is 2.75. The van der Waals surface area contributed by atoms with Crippen LogP contribution in [0.15, 0.2) is 33.6 Å². The molecule has 6 nitrogen and oxygen atoms in total. The fourth-order valence-electron chi connectivity index (χ4n) is 2.38. The summed E-state index contributed by atoms with van der Waals surface area (Å²) in [5.41, 5.74) is 1.58. The van der Waals surface area contributed by atoms with E-state index in [9.17, 15) is 4.79 Å². The Morgan fingerprint density at radius 1 is 1.48 bits per heavy atom. The van der Waals surface area contributed by atoms with Gasteiger partial charge in [0.2, 0.25) is 6.39 Å². The third-order valence-corrected chi connectivity index (χ3v) is 4.42. The number of halogens is 1. The van der Waals surface area contributed by atoms with Gasteiger partial charge >= 0.3 is 0 Å². The number of ether oxygens (including phenoxy) is 1.